The Kier molecular flexibility index (Phi) is 5.51. The summed E-state index contributed by atoms with van der Waals surface area (Å²) in [6, 6.07) is 8.90. The van der Waals surface area contributed by atoms with Crippen LogP contribution in [-0.4, -0.2) is 26.4 Å². The molecule has 1 aromatic carbocycles. The van der Waals surface area contributed by atoms with Crippen molar-refractivity contribution in [3.8, 4) is 0 Å². The molecule has 0 fully saturated rings. The largest absolute Gasteiger partial charge is 0.388 e. The maximum atomic E-state index is 11.7. The first-order valence-electron chi connectivity index (χ1n) is 5.74. The van der Waals surface area contributed by atoms with Crippen LogP contribution >= 0.6 is 34.8 Å². The van der Waals surface area contributed by atoms with Crippen molar-refractivity contribution in [1.29, 1.82) is 0 Å². The Morgan fingerprint density at radius 1 is 1.26 bits per heavy atom. The molecule has 6 heteroatoms. The van der Waals surface area contributed by atoms with Gasteiger partial charge in [0.2, 0.25) is 0 Å². The molecule has 1 atom stereocenters. The van der Waals surface area contributed by atoms with E-state index in [0.29, 0.717) is 6.42 Å². The first-order chi connectivity index (χ1) is 8.60. The third-order valence-corrected chi connectivity index (χ3v) is 3.21. The fourth-order valence-electron chi connectivity index (χ4n) is 1.57. The second-order valence-corrected chi connectivity index (χ2v) is 7.15. The molecule has 0 aliphatic heterocycles. The molecule has 0 radical (unpaired) electrons. The number of alkyl halides is 3. The van der Waals surface area contributed by atoms with E-state index >= 15 is 0 Å². The lowest BCUT2D eigenvalue weighted by molar-refractivity contribution is -0.122. The average Bonchev–Trinajstić information content (AvgIpc) is 2.27. The van der Waals surface area contributed by atoms with Crippen LogP contribution < -0.4 is 5.32 Å². The van der Waals surface area contributed by atoms with E-state index in [1.165, 1.54) is 0 Å². The molecule has 0 aromatic heterocycles. The van der Waals surface area contributed by atoms with Gasteiger partial charge in [-0.05, 0) is 25.8 Å². The summed E-state index contributed by atoms with van der Waals surface area (Å²) in [5.41, 5.74) is -0.166. The second kappa shape index (κ2) is 6.31. The number of rotatable bonds is 4. The zero-order chi connectivity index (χ0) is 14.7. The highest BCUT2D eigenvalue weighted by Gasteiger charge is 2.36. The summed E-state index contributed by atoms with van der Waals surface area (Å²) in [7, 11) is 0. The molecular formula is C13H16Cl3NO2. The van der Waals surface area contributed by atoms with Crippen LogP contribution in [0.3, 0.4) is 0 Å². The Morgan fingerprint density at radius 2 is 1.79 bits per heavy atom. The molecule has 19 heavy (non-hydrogen) atoms. The number of hydrogen-bond acceptors (Lipinski definition) is 2. The van der Waals surface area contributed by atoms with Crippen LogP contribution in [0.15, 0.2) is 30.3 Å². The van der Waals surface area contributed by atoms with Crippen molar-refractivity contribution in [2.24, 2.45) is 0 Å². The van der Waals surface area contributed by atoms with E-state index in [1.807, 2.05) is 30.3 Å². The first-order valence-corrected chi connectivity index (χ1v) is 6.88. The summed E-state index contributed by atoms with van der Waals surface area (Å²) in [5, 5.41) is 12.7. The van der Waals surface area contributed by atoms with E-state index in [4.69, 9.17) is 34.8 Å². The summed E-state index contributed by atoms with van der Waals surface area (Å²) in [5.74, 6) is -0.749. The van der Waals surface area contributed by atoms with E-state index in [0.717, 1.165) is 5.56 Å². The van der Waals surface area contributed by atoms with Gasteiger partial charge in [0.1, 0.15) is 0 Å². The zero-order valence-corrected chi connectivity index (χ0v) is 12.9. The smallest absolute Gasteiger partial charge is 0.272 e. The summed E-state index contributed by atoms with van der Waals surface area (Å²) in [4.78, 5) is 11.7. The van der Waals surface area contributed by atoms with Crippen molar-refractivity contribution in [2.75, 3.05) is 0 Å². The lowest BCUT2D eigenvalue weighted by Gasteiger charge is -2.31. The van der Waals surface area contributed by atoms with Crippen molar-refractivity contribution in [3.63, 3.8) is 0 Å². The van der Waals surface area contributed by atoms with Crippen LogP contribution in [0.1, 0.15) is 19.4 Å². The fourth-order valence-corrected chi connectivity index (χ4v) is 1.73. The minimum absolute atomic E-state index is 0.441. The predicted molar refractivity (Wildman–Crippen MR) is 78.7 cm³/mol. The fraction of sp³-hybridized carbons (Fsp3) is 0.462. The molecular weight excluding hydrogens is 309 g/mol. The maximum absolute atomic E-state index is 11.7. The van der Waals surface area contributed by atoms with Gasteiger partial charge < -0.3 is 10.4 Å². The summed E-state index contributed by atoms with van der Waals surface area (Å²) >= 11 is 16.6. The minimum atomic E-state index is -2.04. The van der Waals surface area contributed by atoms with Crippen molar-refractivity contribution in [3.05, 3.63) is 35.9 Å². The number of hydrogen-bond donors (Lipinski definition) is 2. The topological polar surface area (TPSA) is 49.3 Å². The Morgan fingerprint density at radius 3 is 2.21 bits per heavy atom. The van der Waals surface area contributed by atoms with Gasteiger partial charge in [0.25, 0.3) is 9.70 Å². The lowest BCUT2D eigenvalue weighted by atomic mass is 9.92. The van der Waals surface area contributed by atoms with Crippen LogP contribution in [-0.2, 0) is 11.2 Å². The second-order valence-electron chi connectivity index (χ2n) is 4.87. The van der Waals surface area contributed by atoms with E-state index in [-0.39, 0.29) is 0 Å². The molecule has 0 spiro atoms. The molecule has 1 amide bonds. The van der Waals surface area contributed by atoms with Gasteiger partial charge in [-0.15, -0.1) is 0 Å². The summed E-state index contributed by atoms with van der Waals surface area (Å²) < 4.78 is -2.04. The molecule has 1 rings (SSSR count). The van der Waals surface area contributed by atoms with Crippen LogP contribution in [0.2, 0.25) is 0 Å². The molecule has 0 aliphatic rings. The number of benzene rings is 1. The first kappa shape index (κ1) is 16.6. The zero-order valence-electron chi connectivity index (χ0n) is 10.7. The van der Waals surface area contributed by atoms with E-state index in [2.05, 4.69) is 5.32 Å². The van der Waals surface area contributed by atoms with Gasteiger partial charge >= 0.3 is 0 Å². The highest BCUT2D eigenvalue weighted by molar-refractivity contribution is 6.76. The van der Waals surface area contributed by atoms with Crippen molar-refractivity contribution >= 4 is 40.7 Å². The third-order valence-electron chi connectivity index (χ3n) is 2.70. The van der Waals surface area contributed by atoms with Gasteiger partial charge in [-0.2, -0.15) is 0 Å². The SMILES string of the molecule is CC(C)(O)[C@H](Cc1ccccc1)NC(=O)C(Cl)(Cl)Cl. The van der Waals surface area contributed by atoms with Crippen LogP contribution in [0.25, 0.3) is 0 Å². The van der Waals surface area contributed by atoms with Crippen LogP contribution in [0, 0.1) is 0 Å². The molecule has 0 unspecified atom stereocenters. The van der Waals surface area contributed by atoms with E-state index in [1.54, 1.807) is 13.8 Å². The number of nitrogens with one attached hydrogen (secondary N) is 1. The van der Waals surface area contributed by atoms with Gasteiger partial charge in [0.15, 0.2) is 0 Å². The Balaban J connectivity index is 2.83. The summed E-state index contributed by atoms with van der Waals surface area (Å²) in [6.45, 7) is 3.19. The van der Waals surface area contributed by atoms with Gasteiger partial charge in [-0.1, -0.05) is 65.1 Å². The lowest BCUT2D eigenvalue weighted by Crippen LogP contribution is -2.53. The highest BCUT2D eigenvalue weighted by Crippen LogP contribution is 2.27. The average molecular weight is 325 g/mol. The van der Waals surface area contributed by atoms with Gasteiger partial charge in [0, 0.05) is 0 Å². The number of aliphatic hydroxyl groups is 1. The van der Waals surface area contributed by atoms with E-state index < -0.39 is 21.3 Å². The Hall–Kier alpha value is -0.480. The molecule has 0 heterocycles. The molecule has 2 N–H and O–H groups in total. The van der Waals surface area contributed by atoms with Crippen molar-refractivity contribution in [2.45, 2.75) is 35.7 Å². The number of halogens is 3. The van der Waals surface area contributed by atoms with Gasteiger partial charge in [0.05, 0.1) is 11.6 Å². The van der Waals surface area contributed by atoms with Crippen LogP contribution in [0.4, 0.5) is 0 Å². The monoisotopic (exact) mass is 323 g/mol. The molecule has 0 saturated carbocycles. The standard InChI is InChI=1S/C13H16Cl3NO2/c1-12(2,19)10(17-11(18)13(14,15)16)8-9-6-4-3-5-7-9/h3-7,10,19H,8H2,1-2H3,(H,17,18)/t10-/m0/s1. The quantitative estimate of drug-likeness (QED) is 0.837. The molecule has 106 valence electrons. The van der Waals surface area contributed by atoms with Crippen molar-refractivity contribution < 1.29 is 9.90 Å². The van der Waals surface area contributed by atoms with Gasteiger partial charge in [-0.25, -0.2) is 0 Å². The van der Waals surface area contributed by atoms with Crippen molar-refractivity contribution in [1.82, 2.24) is 5.32 Å². The predicted octanol–water partition coefficient (Wildman–Crippen LogP) is 2.86. The number of carbonyl (C=O) groups excluding carboxylic acids is 1. The third kappa shape index (κ3) is 5.57. The maximum Gasteiger partial charge on any atom is 0.272 e. The molecule has 3 nitrogen and oxygen atoms in total. The van der Waals surface area contributed by atoms with Gasteiger partial charge in [-0.3, -0.25) is 4.79 Å². The summed E-state index contributed by atoms with van der Waals surface area (Å²) in [6.07, 6.45) is 0.441. The molecule has 0 bridgehead atoms. The Labute approximate surface area is 127 Å². The number of amides is 1. The highest BCUT2D eigenvalue weighted by atomic mass is 35.6. The molecule has 1 aromatic rings. The Bertz CT molecular complexity index is 424. The normalized spacial score (nSPS) is 14.0. The molecule has 0 saturated heterocycles. The minimum Gasteiger partial charge on any atom is -0.388 e. The van der Waals surface area contributed by atoms with E-state index in [9.17, 15) is 9.90 Å². The number of carbonyl (C=O) groups is 1. The van der Waals surface area contributed by atoms with Crippen LogP contribution in [0.5, 0.6) is 0 Å². The molecule has 0 aliphatic carbocycles.